The molecule has 1 aliphatic rings. The lowest BCUT2D eigenvalue weighted by Gasteiger charge is -2.18. The van der Waals surface area contributed by atoms with Crippen molar-refractivity contribution in [2.75, 3.05) is 0 Å². The summed E-state index contributed by atoms with van der Waals surface area (Å²) in [5.41, 5.74) is 4.86. The average Bonchev–Trinajstić information content (AvgIpc) is 2.70. The van der Waals surface area contributed by atoms with Gasteiger partial charge in [-0.05, 0) is 34.9 Å². The normalized spacial score (nSPS) is 12.8. The predicted octanol–water partition coefficient (Wildman–Crippen LogP) is 5.33. The average molecular weight is 336 g/mol. The van der Waals surface area contributed by atoms with Gasteiger partial charge in [0.2, 0.25) is 0 Å². The van der Waals surface area contributed by atoms with E-state index in [1.807, 2.05) is 48.6 Å². The molecule has 2 nitrogen and oxygen atoms in total. The Morgan fingerprint density at radius 3 is 2.04 bits per heavy atom. The summed E-state index contributed by atoms with van der Waals surface area (Å²) in [6, 6.07) is 20.5. The topological polar surface area (TPSA) is 34.1 Å². The summed E-state index contributed by atoms with van der Waals surface area (Å²) >= 11 is 0. The highest BCUT2D eigenvalue weighted by Crippen LogP contribution is 2.31. The molecule has 0 N–H and O–H groups in total. The molecule has 0 atom stereocenters. The first-order valence-corrected chi connectivity index (χ1v) is 8.41. The molecule has 0 bridgehead atoms. The summed E-state index contributed by atoms with van der Waals surface area (Å²) < 4.78 is 0. The van der Waals surface area contributed by atoms with Crippen LogP contribution >= 0.6 is 0 Å². The van der Waals surface area contributed by atoms with Crippen LogP contribution in [0.5, 0.6) is 0 Å². The van der Waals surface area contributed by atoms with E-state index in [1.165, 1.54) is 0 Å². The van der Waals surface area contributed by atoms with Crippen LogP contribution in [0, 0.1) is 0 Å². The van der Waals surface area contributed by atoms with Crippen LogP contribution in [0.4, 0.5) is 0 Å². The van der Waals surface area contributed by atoms with Crippen LogP contribution < -0.4 is 0 Å². The summed E-state index contributed by atoms with van der Waals surface area (Å²) in [6.45, 7) is 3.68. The first-order chi connectivity index (χ1) is 12.7. The maximum absolute atomic E-state index is 12.9. The number of hydrogen-bond donors (Lipinski definition) is 0. The van der Waals surface area contributed by atoms with Crippen LogP contribution in [0.3, 0.4) is 0 Å². The first kappa shape index (κ1) is 16.0. The molecular weight excluding hydrogens is 320 g/mol. The van der Waals surface area contributed by atoms with Crippen molar-refractivity contribution in [2.45, 2.75) is 0 Å². The van der Waals surface area contributed by atoms with Crippen molar-refractivity contribution >= 4 is 17.6 Å². The molecule has 0 radical (unpaired) electrons. The van der Waals surface area contributed by atoms with Gasteiger partial charge in [-0.2, -0.15) is 0 Å². The zero-order chi connectivity index (χ0) is 18.1. The van der Waals surface area contributed by atoms with E-state index in [9.17, 15) is 9.59 Å². The monoisotopic (exact) mass is 336 g/mol. The molecule has 3 aromatic rings. The van der Waals surface area contributed by atoms with Gasteiger partial charge in [-0.15, -0.1) is 0 Å². The third-order valence-corrected chi connectivity index (χ3v) is 4.57. The molecule has 2 heteroatoms. The summed E-state index contributed by atoms with van der Waals surface area (Å²) in [5, 5.41) is 0. The Kier molecular flexibility index (Phi) is 3.94. The summed E-state index contributed by atoms with van der Waals surface area (Å²) in [6.07, 6.45) is 5.58. The van der Waals surface area contributed by atoms with Gasteiger partial charge in [-0.25, -0.2) is 0 Å². The number of carbonyl (C=O) groups excluding carboxylic acids is 2. The van der Waals surface area contributed by atoms with E-state index < -0.39 is 0 Å². The lowest BCUT2D eigenvalue weighted by Crippen LogP contribution is -2.20. The lowest BCUT2D eigenvalue weighted by atomic mass is 9.83. The molecule has 0 saturated carbocycles. The van der Waals surface area contributed by atoms with E-state index in [4.69, 9.17) is 0 Å². The minimum Gasteiger partial charge on any atom is -0.289 e. The highest BCUT2D eigenvalue weighted by Gasteiger charge is 2.29. The molecule has 0 spiro atoms. The SMILES string of the molecule is C=C/C=C\c1cccc(-c2ccc3c(c2)C(=O)c2ccccc2C3=O)c1. The number of carbonyl (C=O) groups is 2. The number of benzene rings is 3. The van der Waals surface area contributed by atoms with Gasteiger partial charge in [-0.1, -0.05) is 73.3 Å². The molecule has 124 valence electrons. The molecule has 0 saturated heterocycles. The number of allylic oxidation sites excluding steroid dienone is 2. The third kappa shape index (κ3) is 2.62. The molecule has 0 fully saturated rings. The Morgan fingerprint density at radius 1 is 0.654 bits per heavy atom. The maximum atomic E-state index is 12.9. The van der Waals surface area contributed by atoms with E-state index >= 15 is 0 Å². The van der Waals surface area contributed by atoms with Gasteiger partial charge in [0, 0.05) is 22.3 Å². The summed E-state index contributed by atoms with van der Waals surface area (Å²) in [7, 11) is 0. The summed E-state index contributed by atoms with van der Waals surface area (Å²) in [5.74, 6) is -0.191. The molecule has 1 aliphatic carbocycles. The third-order valence-electron chi connectivity index (χ3n) is 4.57. The van der Waals surface area contributed by atoms with Crippen molar-refractivity contribution in [2.24, 2.45) is 0 Å². The second-order valence-corrected chi connectivity index (χ2v) is 6.18. The second kappa shape index (κ2) is 6.41. The van der Waals surface area contributed by atoms with Crippen molar-refractivity contribution in [3.05, 3.63) is 113 Å². The van der Waals surface area contributed by atoms with Crippen LogP contribution in [0.2, 0.25) is 0 Å². The molecule has 3 aromatic carbocycles. The molecule has 0 aliphatic heterocycles. The van der Waals surface area contributed by atoms with Gasteiger partial charge < -0.3 is 0 Å². The minimum atomic E-state index is -0.0974. The van der Waals surface area contributed by atoms with Crippen molar-refractivity contribution < 1.29 is 9.59 Å². The fourth-order valence-electron chi connectivity index (χ4n) is 3.28. The van der Waals surface area contributed by atoms with E-state index in [2.05, 4.69) is 6.58 Å². The van der Waals surface area contributed by atoms with Gasteiger partial charge in [0.25, 0.3) is 0 Å². The Hall–Kier alpha value is -3.52. The van der Waals surface area contributed by atoms with E-state index in [0.717, 1.165) is 16.7 Å². The fourth-order valence-corrected chi connectivity index (χ4v) is 3.28. The fraction of sp³-hybridized carbons (Fsp3) is 0. The van der Waals surface area contributed by atoms with Crippen LogP contribution in [0.15, 0.2) is 85.5 Å². The van der Waals surface area contributed by atoms with Crippen LogP contribution in [-0.2, 0) is 0 Å². The number of rotatable bonds is 3. The molecule has 4 rings (SSSR count). The van der Waals surface area contributed by atoms with Gasteiger partial charge in [0.15, 0.2) is 11.6 Å². The lowest BCUT2D eigenvalue weighted by molar-refractivity contribution is 0.0979. The number of ketones is 2. The van der Waals surface area contributed by atoms with Crippen molar-refractivity contribution in [3.8, 4) is 11.1 Å². The number of fused-ring (bicyclic) bond motifs is 2. The zero-order valence-electron chi connectivity index (χ0n) is 14.1. The minimum absolute atomic E-state index is 0.0931. The molecular formula is C24H16O2. The quantitative estimate of drug-likeness (QED) is 0.474. The highest BCUT2D eigenvalue weighted by molar-refractivity contribution is 6.28. The molecule has 0 amide bonds. The Morgan fingerprint density at radius 2 is 1.31 bits per heavy atom. The van der Waals surface area contributed by atoms with Gasteiger partial charge in [0.1, 0.15) is 0 Å². The summed E-state index contributed by atoms with van der Waals surface area (Å²) in [4.78, 5) is 25.6. The van der Waals surface area contributed by atoms with Gasteiger partial charge in [0.05, 0.1) is 0 Å². The molecule has 0 unspecified atom stereocenters. The van der Waals surface area contributed by atoms with E-state index in [0.29, 0.717) is 22.3 Å². The standard InChI is InChI=1S/C24H16O2/c1-2-3-7-16-8-6-9-17(14-16)18-12-13-21-22(15-18)24(26)20-11-5-4-10-19(20)23(21)25/h2-15H,1H2/b7-3-. The molecule has 26 heavy (non-hydrogen) atoms. The van der Waals surface area contributed by atoms with Crippen LogP contribution in [0.25, 0.3) is 17.2 Å². The smallest absolute Gasteiger partial charge is 0.194 e. The first-order valence-electron chi connectivity index (χ1n) is 8.41. The Labute approximate surface area is 152 Å². The van der Waals surface area contributed by atoms with E-state index in [-0.39, 0.29) is 11.6 Å². The van der Waals surface area contributed by atoms with Crippen molar-refractivity contribution in [1.29, 1.82) is 0 Å². The van der Waals surface area contributed by atoms with Crippen LogP contribution in [-0.4, -0.2) is 11.6 Å². The van der Waals surface area contributed by atoms with Crippen LogP contribution in [0.1, 0.15) is 37.4 Å². The predicted molar refractivity (Wildman–Crippen MR) is 104 cm³/mol. The van der Waals surface area contributed by atoms with Crippen molar-refractivity contribution in [1.82, 2.24) is 0 Å². The molecule has 0 aromatic heterocycles. The molecule has 0 heterocycles. The van der Waals surface area contributed by atoms with Crippen molar-refractivity contribution in [3.63, 3.8) is 0 Å². The van der Waals surface area contributed by atoms with E-state index in [1.54, 1.807) is 36.4 Å². The maximum Gasteiger partial charge on any atom is 0.194 e. The number of hydrogen-bond acceptors (Lipinski definition) is 2. The zero-order valence-corrected chi connectivity index (χ0v) is 14.1. The Balaban J connectivity index is 1.81. The Bertz CT molecular complexity index is 1090. The largest absolute Gasteiger partial charge is 0.289 e. The second-order valence-electron chi connectivity index (χ2n) is 6.18. The van der Waals surface area contributed by atoms with Gasteiger partial charge >= 0.3 is 0 Å². The van der Waals surface area contributed by atoms with Gasteiger partial charge in [-0.3, -0.25) is 9.59 Å². The highest BCUT2D eigenvalue weighted by atomic mass is 16.1.